The maximum atomic E-state index is 13.4. The molecule has 29 heavy (non-hydrogen) atoms. The van der Waals surface area contributed by atoms with Gasteiger partial charge >= 0.3 is 0 Å². The van der Waals surface area contributed by atoms with Gasteiger partial charge in [0.15, 0.2) is 5.13 Å². The summed E-state index contributed by atoms with van der Waals surface area (Å²) >= 11 is 1.55. The Morgan fingerprint density at radius 1 is 1.07 bits per heavy atom. The van der Waals surface area contributed by atoms with Crippen molar-refractivity contribution in [2.24, 2.45) is 0 Å². The molecule has 3 rings (SSSR count). The van der Waals surface area contributed by atoms with Crippen molar-refractivity contribution in [1.82, 2.24) is 9.88 Å². The number of thiazole rings is 1. The molecule has 2 aromatic carbocycles. The van der Waals surface area contributed by atoms with E-state index in [2.05, 4.69) is 50.8 Å². The van der Waals surface area contributed by atoms with Crippen LogP contribution in [0.1, 0.15) is 40.9 Å². The first-order chi connectivity index (χ1) is 14.0. The van der Waals surface area contributed by atoms with Gasteiger partial charge in [-0.2, -0.15) is 5.26 Å². The number of carbonyl (C=O) groups is 1. The van der Waals surface area contributed by atoms with Gasteiger partial charge in [-0.25, -0.2) is 4.98 Å². The van der Waals surface area contributed by atoms with Crippen LogP contribution in [0.25, 0.3) is 10.2 Å². The van der Waals surface area contributed by atoms with Crippen LogP contribution in [0, 0.1) is 25.2 Å². The number of nitriles is 1. The highest BCUT2D eigenvalue weighted by Gasteiger charge is 2.22. The third-order valence-electron chi connectivity index (χ3n) is 5.34. The number of rotatable bonds is 7. The molecule has 0 aliphatic carbocycles. The maximum absolute atomic E-state index is 13.4. The van der Waals surface area contributed by atoms with Crippen LogP contribution in [0.15, 0.2) is 36.4 Å². The van der Waals surface area contributed by atoms with E-state index in [1.54, 1.807) is 40.5 Å². The van der Waals surface area contributed by atoms with E-state index in [-0.39, 0.29) is 5.91 Å². The molecule has 1 amide bonds. The highest BCUT2D eigenvalue weighted by atomic mass is 32.1. The summed E-state index contributed by atoms with van der Waals surface area (Å²) < 4.78 is 1.09. The van der Waals surface area contributed by atoms with Gasteiger partial charge in [0.05, 0.1) is 21.8 Å². The minimum atomic E-state index is -0.0879. The predicted octanol–water partition coefficient (Wildman–Crippen LogP) is 4.77. The number of benzene rings is 2. The largest absolute Gasteiger partial charge is 0.302 e. The number of hydrogen-bond donors (Lipinski definition) is 0. The van der Waals surface area contributed by atoms with Crippen molar-refractivity contribution in [1.29, 1.82) is 5.26 Å². The third-order valence-corrected chi connectivity index (χ3v) is 6.39. The van der Waals surface area contributed by atoms with Crippen LogP contribution in [-0.4, -0.2) is 42.0 Å². The third kappa shape index (κ3) is 4.47. The summed E-state index contributed by atoms with van der Waals surface area (Å²) in [5.74, 6) is -0.0879. The molecule has 150 valence electrons. The SMILES string of the molecule is CCN(CC)CCN(C(=O)c1ccc(C#N)cc1)c1nc2c(C)c(C)ccc2s1. The molecule has 0 saturated carbocycles. The highest BCUT2D eigenvalue weighted by molar-refractivity contribution is 7.22. The second-order valence-corrected chi connectivity index (χ2v) is 8.03. The molecule has 0 N–H and O–H groups in total. The maximum Gasteiger partial charge on any atom is 0.260 e. The second kappa shape index (κ2) is 9.17. The van der Waals surface area contributed by atoms with E-state index >= 15 is 0 Å². The molecule has 0 spiro atoms. The number of anilines is 1. The van der Waals surface area contributed by atoms with E-state index in [0.717, 1.165) is 40.5 Å². The van der Waals surface area contributed by atoms with E-state index in [4.69, 9.17) is 10.2 Å². The van der Waals surface area contributed by atoms with Gasteiger partial charge < -0.3 is 4.90 Å². The fourth-order valence-corrected chi connectivity index (χ4v) is 4.29. The lowest BCUT2D eigenvalue weighted by Gasteiger charge is -2.24. The summed E-state index contributed by atoms with van der Waals surface area (Å²) in [5, 5.41) is 9.74. The van der Waals surface area contributed by atoms with Crippen molar-refractivity contribution in [3.05, 3.63) is 58.7 Å². The van der Waals surface area contributed by atoms with Gasteiger partial charge in [0, 0.05) is 18.7 Å². The van der Waals surface area contributed by atoms with Crippen LogP contribution in [0.2, 0.25) is 0 Å². The average molecular weight is 407 g/mol. The Hall–Kier alpha value is -2.75. The number of aryl methyl sites for hydroxylation is 2. The van der Waals surface area contributed by atoms with E-state index in [0.29, 0.717) is 17.7 Å². The van der Waals surface area contributed by atoms with Crippen molar-refractivity contribution < 1.29 is 4.79 Å². The zero-order valence-electron chi connectivity index (χ0n) is 17.4. The van der Waals surface area contributed by atoms with E-state index < -0.39 is 0 Å². The summed E-state index contributed by atoms with van der Waals surface area (Å²) in [5.41, 5.74) is 4.42. The Balaban J connectivity index is 1.99. The van der Waals surface area contributed by atoms with Gasteiger partial charge in [-0.05, 0) is 68.4 Å². The Kier molecular flexibility index (Phi) is 6.63. The summed E-state index contributed by atoms with van der Waals surface area (Å²) in [7, 11) is 0. The van der Waals surface area contributed by atoms with Crippen molar-refractivity contribution in [3.63, 3.8) is 0 Å². The second-order valence-electron chi connectivity index (χ2n) is 7.02. The molecule has 0 fully saturated rings. The number of likely N-dealkylation sites (N-methyl/N-ethyl adjacent to an activating group) is 1. The van der Waals surface area contributed by atoms with E-state index in [1.165, 1.54) is 5.56 Å². The number of fused-ring (bicyclic) bond motifs is 1. The van der Waals surface area contributed by atoms with Gasteiger partial charge in [0.25, 0.3) is 5.91 Å². The molecule has 1 heterocycles. The molecule has 3 aromatic rings. The fourth-order valence-electron chi connectivity index (χ4n) is 3.24. The Bertz CT molecular complexity index is 1050. The average Bonchev–Trinajstić information content (AvgIpc) is 3.18. The van der Waals surface area contributed by atoms with Crippen molar-refractivity contribution in [2.45, 2.75) is 27.7 Å². The normalized spacial score (nSPS) is 11.0. The smallest absolute Gasteiger partial charge is 0.260 e. The first-order valence-electron chi connectivity index (χ1n) is 9.89. The zero-order chi connectivity index (χ0) is 21.0. The molecule has 0 aliphatic heterocycles. The first-order valence-corrected chi connectivity index (χ1v) is 10.7. The minimum Gasteiger partial charge on any atom is -0.302 e. The summed E-state index contributed by atoms with van der Waals surface area (Å²) in [4.78, 5) is 22.3. The molecule has 6 heteroatoms. The Labute approximate surface area is 176 Å². The molecule has 0 radical (unpaired) electrons. The van der Waals surface area contributed by atoms with E-state index in [1.807, 2.05) is 0 Å². The van der Waals surface area contributed by atoms with Crippen LogP contribution in [0.5, 0.6) is 0 Å². The van der Waals surface area contributed by atoms with Gasteiger partial charge in [-0.15, -0.1) is 0 Å². The molecule has 1 aromatic heterocycles. The number of nitrogens with zero attached hydrogens (tertiary/aromatic N) is 4. The Morgan fingerprint density at radius 2 is 1.76 bits per heavy atom. The number of carbonyl (C=O) groups excluding carboxylic acids is 1. The van der Waals surface area contributed by atoms with Crippen molar-refractivity contribution in [2.75, 3.05) is 31.1 Å². The van der Waals surface area contributed by atoms with Crippen LogP contribution in [0.4, 0.5) is 5.13 Å². The topological polar surface area (TPSA) is 60.2 Å². The van der Waals surface area contributed by atoms with Crippen molar-refractivity contribution in [3.8, 4) is 6.07 Å². The lowest BCUT2D eigenvalue weighted by molar-refractivity contribution is 0.0984. The lowest BCUT2D eigenvalue weighted by atomic mass is 10.1. The van der Waals surface area contributed by atoms with Crippen LogP contribution in [0.3, 0.4) is 0 Å². The number of aromatic nitrogens is 1. The number of amides is 1. The molecule has 5 nitrogen and oxygen atoms in total. The van der Waals surface area contributed by atoms with Crippen molar-refractivity contribution >= 4 is 32.6 Å². The summed E-state index contributed by atoms with van der Waals surface area (Å²) in [6, 6.07) is 13.1. The fraction of sp³-hybridized carbons (Fsp3) is 0.348. The molecular formula is C23H26N4OS. The minimum absolute atomic E-state index is 0.0879. The molecule has 0 bridgehead atoms. The summed E-state index contributed by atoms with van der Waals surface area (Å²) in [6.45, 7) is 11.6. The standard InChI is InChI=1S/C23H26N4OS/c1-5-26(6-2)13-14-27(22(28)19-10-8-18(15-24)9-11-19)23-25-21-17(4)16(3)7-12-20(21)29-23/h7-12H,5-6,13-14H2,1-4H3. The molecule has 0 aliphatic rings. The summed E-state index contributed by atoms with van der Waals surface area (Å²) in [6.07, 6.45) is 0. The molecule has 0 unspecified atom stereocenters. The van der Waals surface area contributed by atoms with Crippen LogP contribution >= 0.6 is 11.3 Å². The zero-order valence-corrected chi connectivity index (χ0v) is 18.2. The molecular weight excluding hydrogens is 380 g/mol. The molecule has 0 atom stereocenters. The lowest BCUT2D eigenvalue weighted by Crippen LogP contribution is -2.38. The Morgan fingerprint density at radius 3 is 2.38 bits per heavy atom. The molecule has 0 saturated heterocycles. The van der Waals surface area contributed by atoms with Gasteiger partial charge in [0.2, 0.25) is 0 Å². The van der Waals surface area contributed by atoms with Gasteiger partial charge in [0.1, 0.15) is 0 Å². The quantitative estimate of drug-likeness (QED) is 0.567. The van der Waals surface area contributed by atoms with Gasteiger partial charge in [-0.3, -0.25) is 9.69 Å². The van der Waals surface area contributed by atoms with Crippen LogP contribution in [-0.2, 0) is 0 Å². The van der Waals surface area contributed by atoms with Crippen LogP contribution < -0.4 is 4.90 Å². The highest BCUT2D eigenvalue weighted by Crippen LogP contribution is 2.32. The number of hydrogen-bond acceptors (Lipinski definition) is 5. The van der Waals surface area contributed by atoms with Gasteiger partial charge in [-0.1, -0.05) is 31.3 Å². The monoisotopic (exact) mass is 406 g/mol. The predicted molar refractivity (Wildman–Crippen MR) is 120 cm³/mol. The van der Waals surface area contributed by atoms with E-state index in [9.17, 15) is 4.79 Å². The first kappa shape index (κ1) is 21.0.